The highest BCUT2D eigenvalue weighted by atomic mass is 79.9. The zero-order valence-corrected chi connectivity index (χ0v) is 14.2. The second-order valence-electron chi connectivity index (χ2n) is 5.45. The minimum absolute atomic E-state index is 0.340. The number of rotatable bonds is 2. The monoisotopic (exact) mass is 421 g/mol. The van der Waals surface area contributed by atoms with Crippen molar-refractivity contribution in [3.05, 3.63) is 36.5 Å². The third kappa shape index (κ3) is 2.00. The number of nitrogens with zero attached hydrogens (tertiary/aromatic N) is 1. The molecule has 0 saturated carbocycles. The first-order valence-corrected chi connectivity index (χ1v) is 7.91. The summed E-state index contributed by atoms with van der Waals surface area (Å²) in [6.07, 6.45) is -3.00. The lowest BCUT2D eigenvalue weighted by atomic mass is 9.90. The molecule has 3 rings (SSSR count). The van der Waals surface area contributed by atoms with E-state index in [9.17, 15) is 30.3 Å². The van der Waals surface area contributed by atoms with Crippen molar-refractivity contribution in [1.82, 2.24) is 4.57 Å². The minimum atomic E-state index is -3.09. The fraction of sp³-hybridized carbons (Fsp3) is 0.357. The van der Waals surface area contributed by atoms with Crippen LogP contribution < -0.4 is 0 Å². The number of hydrogen-bond donors (Lipinski definition) is 5. The van der Waals surface area contributed by atoms with E-state index in [-0.39, 0.29) is 0 Å². The Kier molecular flexibility index (Phi) is 3.96. The highest BCUT2D eigenvalue weighted by Gasteiger charge is 2.75. The molecule has 0 spiro atoms. The fourth-order valence-electron chi connectivity index (χ4n) is 2.81. The summed E-state index contributed by atoms with van der Waals surface area (Å²) in [4.78, 5) is 11.5. The second-order valence-corrected chi connectivity index (χ2v) is 7.11. The molecule has 1 aliphatic rings. The topological polar surface area (TPSA) is 132 Å². The van der Waals surface area contributed by atoms with Gasteiger partial charge in [-0.25, -0.2) is 4.79 Å². The zero-order chi connectivity index (χ0) is 17.9. The molecule has 1 fully saturated rings. The second kappa shape index (κ2) is 5.40. The van der Waals surface area contributed by atoms with Crippen LogP contribution >= 0.6 is 27.5 Å². The summed E-state index contributed by atoms with van der Waals surface area (Å²) >= 11 is 8.62. The van der Waals surface area contributed by atoms with E-state index in [1.54, 1.807) is 30.3 Å². The van der Waals surface area contributed by atoms with Gasteiger partial charge in [0.05, 0.1) is 5.52 Å². The number of alkyl halides is 2. The molecule has 24 heavy (non-hydrogen) atoms. The van der Waals surface area contributed by atoms with E-state index in [0.29, 0.717) is 10.9 Å². The molecule has 10 heteroatoms. The molecule has 1 aromatic carbocycles. The van der Waals surface area contributed by atoms with Crippen LogP contribution in [0.4, 0.5) is 0 Å². The van der Waals surface area contributed by atoms with Crippen LogP contribution in [0.25, 0.3) is 10.9 Å². The summed E-state index contributed by atoms with van der Waals surface area (Å²) < 4.78 is 2.94. The van der Waals surface area contributed by atoms with Gasteiger partial charge >= 0.3 is 5.97 Å². The van der Waals surface area contributed by atoms with Crippen LogP contribution in [0.5, 0.6) is 0 Å². The van der Waals surface area contributed by atoms with Gasteiger partial charge in [0, 0.05) is 6.20 Å². The van der Waals surface area contributed by atoms with E-state index in [4.69, 9.17) is 16.3 Å². The molecule has 0 unspecified atom stereocenters. The number of fused-ring (bicyclic) bond motifs is 1. The van der Waals surface area contributed by atoms with Crippen molar-refractivity contribution < 1.29 is 35.1 Å². The molecule has 2 heterocycles. The number of halogens is 2. The molecule has 2 aromatic rings. The first kappa shape index (κ1) is 17.6. The molecule has 0 radical (unpaired) electrons. The summed E-state index contributed by atoms with van der Waals surface area (Å²) in [5, 5.41) is 48.8. The number of aliphatic hydroxyl groups excluding tert-OH is 2. The molecule has 5 N–H and O–H groups in total. The van der Waals surface area contributed by atoms with Gasteiger partial charge in [-0.2, -0.15) is 0 Å². The number of benzene rings is 1. The predicted molar refractivity (Wildman–Crippen MR) is 85.3 cm³/mol. The molecule has 0 aliphatic carbocycles. The smallest absolute Gasteiger partial charge is 0.352 e. The fourth-order valence-corrected chi connectivity index (χ4v) is 3.63. The van der Waals surface area contributed by atoms with Gasteiger partial charge in [0.15, 0.2) is 12.4 Å². The Morgan fingerprint density at radius 2 is 1.88 bits per heavy atom. The van der Waals surface area contributed by atoms with Gasteiger partial charge in [-0.15, -0.1) is 0 Å². The van der Waals surface area contributed by atoms with E-state index < -0.39 is 33.7 Å². The lowest BCUT2D eigenvalue weighted by molar-refractivity contribution is -0.359. The molecular weight excluding hydrogens is 410 g/mol. The van der Waals surface area contributed by atoms with E-state index in [1.165, 1.54) is 6.20 Å². The summed E-state index contributed by atoms with van der Waals surface area (Å²) in [7, 11) is 0. The standard InChI is InChI=1S/C14H13BrClNO7/c15-12(11(20)21)14(16,23)13(22,9(18)10(19)24-12)17-6-5-7-3-1-2-4-8(7)17/h1-6,9-10,18-19,22-23H,(H,20,21)/t9-,10+,12+,13+,14+/m0/s1. The molecular formula is C14H13BrClNO7. The van der Waals surface area contributed by atoms with Crippen molar-refractivity contribution in [1.29, 1.82) is 0 Å². The van der Waals surface area contributed by atoms with Gasteiger partial charge in [0.1, 0.15) is 0 Å². The summed E-state index contributed by atoms with van der Waals surface area (Å²) in [6.45, 7) is 0. The Balaban J connectivity index is 2.30. The van der Waals surface area contributed by atoms with Crippen molar-refractivity contribution in [2.24, 2.45) is 0 Å². The average molecular weight is 423 g/mol. The molecule has 8 nitrogen and oxygen atoms in total. The first-order chi connectivity index (χ1) is 11.1. The number of aromatic nitrogens is 1. The van der Waals surface area contributed by atoms with E-state index in [0.717, 1.165) is 4.57 Å². The summed E-state index contributed by atoms with van der Waals surface area (Å²) in [5.74, 6) is -1.80. The number of carbonyl (C=O) groups is 1. The Morgan fingerprint density at radius 3 is 2.50 bits per heavy atom. The van der Waals surface area contributed by atoms with Crippen LogP contribution in [0.3, 0.4) is 0 Å². The minimum Gasteiger partial charge on any atom is -0.478 e. The number of para-hydroxylation sites is 1. The van der Waals surface area contributed by atoms with Gasteiger partial charge in [-0.05, 0) is 33.4 Å². The van der Waals surface area contributed by atoms with Gasteiger partial charge in [0.2, 0.25) is 10.8 Å². The molecule has 1 saturated heterocycles. The third-order valence-corrected chi connectivity index (χ3v) is 5.99. The lowest BCUT2D eigenvalue weighted by Crippen LogP contribution is -2.77. The Labute approximate surface area is 148 Å². The Bertz CT molecular complexity index is 811. The van der Waals surface area contributed by atoms with Crippen molar-refractivity contribution in [2.45, 2.75) is 27.7 Å². The highest BCUT2D eigenvalue weighted by Crippen LogP contribution is 2.53. The largest absolute Gasteiger partial charge is 0.478 e. The van der Waals surface area contributed by atoms with Crippen LogP contribution in [0, 0.1) is 0 Å². The Hall–Kier alpha value is -1.20. The van der Waals surface area contributed by atoms with E-state index in [1.807, 2.05) is 0 Å². The van der Waals surface area contributed by atoms with Crippen LogP contribution in [0.1, 0.15) is 0 Å². The first-order valence-electron chi connectivity index (χ1n) is 6.74. The van der Waals surface area contributed by atoms with Crippen molar-refractivity contribution in [3.63, 3.8) is 0 Å². The van der Waals surface area contributed by atoms with E-state index >= 15 is 0 Å². The zero-order valence-electron chi connectivity index (χ0n) is 11.9. The highest BCUT2D eigenvalue weighted by molar-refractivity contribution is 9.10. The maximum atomic E-state index is 11.5. The van der Waals surface area contributed by atoms with Crippen molar-refractivity contribution >= 4 is 44.4 Å². The molecule has 1 aliphatic heterocycles. The number of carboxylic acid groups (broad SMARTS) is 1. The van der Waals surface area contributed by atoms with Crippen LogP contribution in [-0.2, 0) is 15.3 Å². The van der Waals surface area contributed by atoms with Gasteiger partial charge in [0.25, 0.3) is 4.51 Å². The quantitative estimate of drug-likeness (QED) is 0.434. The van der Waals surface area contributed by atoms with Gasteiger partial charge in [-0.1, -0.05) is 29.8 Å². The number of aliphatic carboxylic acids is 1. The average Bonchev–Trinajstić information content (AvgIpc) is 2.95. The summed E-state index contributed by atoms with van der Waals surface area (Å²) in [5.41, 5.74) is -2.50. The number of hydrogen-bond acceptors (Lipinski definition) is 6. The van der Waals surface area contributed by atoms with Crippen molar-refractivity contribution in [3.8, 4) is 0 Å². The lowest BCUT2D eigenvalue weighted by Gasteiger charge is -2.53. The van der Waals surface area contributed by atoms with Crippen LogP contribution in [-0.4, -0.2) is 58.0 Å². The van der Waals surface area contributed by atoms with Gasteiger partial charge < -0.3 is 34.8 Å². The maximum Gasteiger partial charge on any atom is 0.352 e. The number of ether oxygens (including phenoxy) is 1. The number of carboxylic acids is 1. The molecule has 130 valence electrons. The molecule has 0 bridgehead atoms. The Morgan fingerprint density at radius 1 is 1.25 bits per heavy atom. The normalized spacial score (nSPS) is 39.9. The van der Waals surface area contributed by atoms with Crippen LogP contribution in [0.15, 0.2) is 36.5 Å². The van der Waals surface area contributed by atoms with E-state index in [2.05, 4.69) is 15.9 Å². The van der Waals surface area contributed by atoms with Crippen molar-refractivity contribution in [2.75, 3.05) is 0 Å². The molecule has 5 atom stereocenters. The molecule has 0 amide bonds. The summed E-state index contributed by atoms with van der Waals surface area (Å²) in [6, 6.07) is 8.18. The predicted octanol–water partition coefficient (Wildman–Crippen LogP) is 0.0991. The third-order valence-electron chi connectivity index (χ3n) is 4.12. The SMILES string of the molecule is O=C(O)[C@@]1(Br)O[C@@H](O)[C@H](O)[C@](O)(n2ccc3ccccc32)[C@@]1(O)Cl. The van der Waals surface area contributed by atoms with Gasteiger partial charge in [-0.3, -0.25) is 0 Å². The maximum absolute atomic E-state index is 11.5. The van der Waals surface area contributed by atoms with Crippen LogP contribution in [0.2, 0.25) is 0 Å². The number of aliphatic hydroxyl groups is 4. The molecule has 1 aromatic heterocycles.